The molecule has 1 aromatic heterocycles. The molecule has 3 amide bonds. The number of carbonyl (C=O) groups excluding carboxylic acids is 3. The molecular formula is C45H50Cl2F4N4O7. The SMILES string of the molecule is CC(C)(C)OC(=O)N(Cc1ccc(Cl)c(CN(C(=O)C2CN(C(=O)OC(C)(C)C)CCC2c2ccc(OCc3cc(-c4c(F)ccc(F)c4Cl)no3)cc2)C2CC2)c1)CC(F)F. The number of carbonyl (C=O) groups is 3. The number of piperidine rings is 1. The van der Waals surface area contributed by atoms with Gasteiger partial charge in [-0.1, -0.05) is 52.6 Å². The van der Waals surface area contributed by atoms with E-state index in [0.717, 1.165) is 35.4 Å². The molecule has 0 radical (unpaired) electrons. The number of rotatable bonds is 13. The molecule has 2 atom stereocenters. The molecule has 334 valence electrons. The standard InChI is InChI=1S/C45H50Cl2F4N4O7/c1-44(2,3)60-42(57)53-18-17-32(27-8-12-30(13-9-27)59-25-31-20-37(52-62-31)39-35(48)15-16-36(49)40(39)47)33(23-53)41(56)55(29-10-11-29)22-28-19-26(7-14-34(28)46)21-54(24-38(50)51)43(58)61-45(4,5)6/h7-9,12-16,19-20,29,32-33,38H,10-11,17-18,21-25H2,1-6H3. The number of likely N-dealkylation sites (tertiary alicyclic amines) is 1. The Balaban J connectivity index is 1.21. The van der Waals surface area contributed by atoms with Crippen LogP contribution in [0.2, 0.25) is 10.0 Å². The third-order valence-electron chi connectivity index (χ3n) is 10.2. The van der Waals surface area contributed by atoms with Gasteiger partial charge in [-0.3, -0.25) is 9.69 Å². The van der Waals surface area contributed by atoms with Gasteiger partial charge in [-0.25, -0.2) is 27.2 Å². The van der Waals surface area contributed by atoms with Crippen LogP contribution in [0.5, 0.6) is 5.75 Å². The van der Waals surface area contributed by atoms with E-state index >= 15 is 0 Å². The zero-order chi connectivity index (χ0) is 45.1. The highest BCUT2D eigenvalue weighted by Crippen LogP contribution is 2.40. The third kappa shape index (κ3) is 12.1. The van der Waals surface area contributed by atoms with E-state index in [2.05, 4.69) is 5.16 Å². The van der Waals surface area contributed by atoms with E-state index in [4.69, 9.17) is 41.9 Å². The summed E-state index contributed by atoms with van der Waals surface area (Å²) in [6, 6.07) is 15.4. The van der Waals surface area contributed by atoms with Gasteiger partial charge in [0.05, 0.1) is 23.0 Å². The maximum absolute atomic E-state index is 14.9. The van der Waals surface area contributed by atoms with Gasteiger partial charge in [0.2, 0.25) is 5.91 Å². The van der Waals surface area contributed by atoms with Crippen LogP contribution in [0.15, 0.2) is 65.2 Å². The van der Waals surface area contributed by atoms with Crippen molar-refractivity contribution in [3.63, 3.8) is 0 Å². The predicted molar refractivity (Wildman–Crippen MR) is 224 cm³/mol. The molecule has 11 nitrogen and oxygen atoms in total. The minimum atomic E-state index is -2.79. The fraction of sp³-hybridized carbons (Fsp3) is 0.467. The summed E-state index contributed by atoms with van der Waals surface area (Å²) >= 11 is 12.7. The summed E-state index contributed by atoms with van der Waals surface area (Å²) in [5.41, 5.74) is 0.0896. The summed E-state index contributed by atoms with van der Waals surface area (Å²) < 4.78 is 78.0. The molecule has 62 heavy (non-hydrogen) atoms. The van der Waals surface area contributed by atoms with Gasteiger partial charge in [0.1, 0.15) is 40.9 Å². The minimum Gasteiger partial charge on any atom is -0.486 e. The molecule has 6 rings (SSSR count). The highest BCUT2D eigenvalue weighted by atomic mass is 35.5. The van der Waals surface area contributed by atoms with E-state index in [1.165, 1.54) is 6.07 Å². The Bertz CT molecular complexity index is 2240. The number of benzene rings is 3. The average Bonchev–Trinajstić information content (AvgIpc) is 3.93. The van der Waals surface area contributed by atoms with Crippen LogP contribution in [0.4, 0.5) is 27.2 Å². The minimum absolute atomic E-state index is 0.0132. The van der Waals surface area contributed by atoms with E-state index < -0.39 is 58.9 Å². The highest BCUT2D eigenvalue weighted by molar-refractivity contribution is 6.33. The second-order valence-electron chi connectivity index (χ2n) is 17.6. The number of alkyl halides is 2. The second-order valence-corrected chi connectivity index (χ2v) is 18.3. The van der Waals surface area contributed by atoms with Gasteiger partial charge in [-0.05, 0) is 114 Å². The van der Waals surface area contributed by atoms with Gasteiger partial charge >= 0.3 is 12.2 Å². The molecule has 17 heteroatoms. The van der Waals surface area contributed by atoms with Gasteiger partial charge in [0.15, 0.2) is 5.76 Å². The Labute approximate surface area is 368 Å². The fourth-order valence-corrected chi connectivity index (χ4v) is 7.68. The topological polar surface area (TPSA) is 115 Å². The first-order valence-electron chi connectivity index (χ1n) is 20.3. The largest absolute Gasteiger partial charge is 0.486 e. The summed E-state index contributed by atoms with van der Waals surface area (Å²) in [7, 11) is 0. The average molecular weight is 906 g/mol. The van der Waals surface area contributed by atoms with Crippen molar-refractivity contribution in [2.75, 3.05) is 19.6 Å². The fourth-order valence-electron chi connectivity index (χ4n) is 7.25. The second kappa shape index (κ2) is 19.2. The first-order valence-corrected chi connectivity index (χ1v) is 21.1. The number of amides is 3. The first kappa shape index (κ1) is 46.5. The van der Waals surface area contributed by atoms with Gasteiger partial charge in [-0.2, -0.15) is 0 Å². The highest BCUT2D eigenvalue weighted by Gasteiger charge is 2.43. The summed E-state index contributed by atoms with van der Waals surface area (Å²) in [4.78, 5) is 45.4. The van der Waals surface area contributed by atoms with Gasteiger partial charge < -0.3 is 28.5 Å². The molecule has 2 unspecified atom stereocenters. The lowest BCUT2D eigenvalue weighted by atomic mass is 9.79. The van der Waals surface area contributed by atoms with E-state index in [-0.39, 0.29) is 61.1 Å². The molecule has 0 bridgehead atoms. The molecule has 3 aromatic carbocycles. The summed E-state index contributed by atoms with van der Waals surface area (Å²) in [6.07, 6.45) is -2.21. The number of hydrogen-bond donors (Lipinski definition) is 0. The maximum atomic E-state index is 14.9. The van der Waals surface area contributed by atoms with Crippen LogP contribution in [0, 0.1) is 17.6 Å². The van der Waals surface area contributed by atoms with Crippen LogP contribution in [0.25, 0.3) is 11.3 Å². The number of aromatic nitrogens is 1. The van der Waals surface area contributed by atoms with E-state index in [1.807, 2.05) is 12.1 Å². The Hall–Kier alpha value is -5.02. The maximum Gasteiger partial charge on any atom is 0.410 e. The molecule has 2 aliphatic rings. The lowest BCUT2D eigenvalue weighted by Crippen LogP contribution is -2.51. The van der Waals surface area contributed by atoms with E-state index in [0.29, 0.717) is 34.9 Å². The van der Waals surface area contributed by atoms with Crippen molar-refractivity contribution in [3.8, 4) is 17.0 Å². The molecule has 2 fully saturated rings. The number of nitrogens with zero attached hydrogens (tertiary/aromatic N) is 4. The van der Waals surface area contributed by atoms with E-state index in [1.54, 1.807) is 81.7 Å². The Morgan fingerprint density at radius 3 is 2.21 bits per heavy atom. The monoisotopic (exact) mass is 904 g/mol. The molecule has 1 aliphatic carbocycles. The van der Waals surface area contributed by atoms with Crippen molar-refractivity contribution in [2.24, 2.45) is 5.92 Å². The molecule has 1 aliphatic heterocycles. The molecule has 0 N–H and O–H groups in total. The Kier molecular flexibility index (Phi) is 14.4. The Morgan fingerprint density at radius 1 is 0.887 bits per heavy atom. The Morgan fingerprint density at radius 2 is 1.56 bits per heavy atom. The van der Waals surface area contributed by atoms with Gasteiger partial charge in [-0.15, -0.1) is 0 Å². The van der Waals surface area contributed by atoms with E-state index in [9.17, 15) is 31.9 Å². The molecule has 0 spiro atoms. The number of ether oxygens (including phenoxy) is 3. The first-order chi connectivity index (χ1) is 29.2. The van der Waals surface area contributed by atoms with Crippen molar-refractivity contribution in [2.45, 2.75) is 110 Å². The molecule has 1 saturated carbocycles. The van der Waals surface area contributed by atoms with Crippen molar-refractivity contribution >= 4 is 41.3 Å². The smallest absolute Gasteiger partial charge is 0.410 e. The van der Waals surface area contributed by atoms with Crippen LogP contribution in [0.3, 0.4) is 0 Å². The van der Waals surface area contributed by atoms with Crippen LogP contribution < -0.4 is 4.74 Å². The van der Waals surface area contributed by atoms with Crippen molar-refractivity contribution in [1.82, 2.24) is 19.9 Å². The molecular weight excluding hydrogens is 855 g/mol. The van der Waals surface area contributed by atoms with Crippen LogP contribution in [0.1, 0.15) is 89.2 Å². The zero-order valence-electron chi connectivity index (χ0n) is 35.4. The predicted octanol–water partition coefficient (Wildman–Crippen LogP) is 11.0. The molecule has 2 heterocycles. The van der Waals surface area contributed by atoms with Crippen LogP contribution >= 0.6 is 23.2 Å². The van der Waals surface area contributed by atoms with Crippen LogP contribution in [-0.4, -0.2) is 81.3 Å². The summed E-state index contributed by atoms with van der Waals surface area (Å²) in [5.74, 6) is -2.02. The number of halogens is 6. The lowest BCUT2D eigenvalue weighted by Gasteiger charge is -2.40. The van der Waals surface area contributed by atoms with Crippen LogP contribution in [-0.2, 0) is 34.0 Å². The number of hydrogen-bond acceptors (Lipinski definition) is 8. The lowest BCUT2D eigenvalue weighted by molar-refractivity contribution is -0.139. The quantitative estimate of drug-likeness (QED) is 0.0962. The third-order valence-corrected chi connectivity index (χ3v) is 11.0. The van der Waals surface area contributed by atoms with Gasteiger partial charge in [0, 0.05) is 43.3 Å². The normalized spacial score (nSPS) is 16.9. The summed E-state index contributed by atoms with van der Waals surface area (Å²) in [5, 5.41) is 3.78. The van der Waals surface area contributed by atoms with Gasteiger partial charge in [0.25, 0.3) is 6.43 Å². The van der Waals surface area contributed by atoms with Crippen molar-refractivity contribution in [3.05, 3.63) is 105 Å². The summed E-state index contributed by atoms with van der Waals surface area (Å²) in [6.45, 7) is 9.76. The zero-order valence-corrected chi connectivity index (χ0v) is 36.9. The molecule has 1 saturated heterocycles. The van der Waals surface area contributed by atoms with Crippen molar-refractivity contribution in [1.29, 1.82) is 0 Å². The molecule has 4 aromatic rings. The van der Waals surface area contributed by atoms with Crippen molar-refractivity contribution < 1.29 is 50.7 Å².